The first-order chi connectivity index (χ1) is 8.54. The smallest absolute Gasteiger partial charge is 0.330 e. The largest absolute Gasteiger partial charge is 0.388 e. The van der Waals surface area contributed by atoms with Crippen molar-refractivity contribution in [3.63, 3.8) is 0 Å². The molecule has 2 heterocycles. The molecule has 4 atom stereocenters. The summed E-state index contributed by atoms with van der Waals surface area (Å²) in [5.74, 6) is 0. The summed E-state index contributed by atoms with van der Waals surface area (Å²) in [6.45, 7) is 1.93. The van der Waals surface area contributed by atoms with Crippen LogP contribution in [-0.4, -0.2) is 38.1 Å². The van der Waals surface area contributed by atoms with Gasteiger partial charge in [-0.15, -0.1) is 0 Å². The minimum absolute atomic E-state index is 0.506. The zero-order valence-corrected chi connectivity index (χ0v) is 9.94. The molecule has 1 aromatic rings. The van der Waals surface area contributed by atoms with Crippen LogP contribution in [0, 0.1) is 0 Å². The van der Waals surface area contributed by atoms with Gasteiger partial charge in [-0.05, 0) is 6.42 Å². The minimum atomic E-state index is -1.19. The van der Waals surface area contributed by atoms with Crippen LogP contribution in [0.15, 0.2) is 21.9 Å². The highest BCUT2D eigenvalue weighted by Gasteiger charge is 2.43. The molecule has 0 aliphatic carbocycles. The molecule has 4 unspecified atom stereocenters. The van der Waals surface area contributed by atoms with E-state index < -0.39 is 35.8 Å². The van der Waals surface area contributed by atoms with Gasteiger partial charge in [-0.1, -0.05) is 13.3 Å². The van der Waals surface area contributed by atoms with E-state index in [1.807, 2.05) is 6.92 Å². The van der Waals surface area contributed by atoms with E-state index in [0.717, 1.165) is 17.1 Å². The Balaban J connectivity index is 2.29. The van der Waals surface area contributed by atoms with Crippen LogP contribution >= 0.6 is 0 Å². The molecule has 0 radical (unpaired) electrons. The second-order valence-corrected chi connectivity index (χ2v) is 4.35. The number of aliphatic hydroxyl groups excluding tert-OH is 2. The van der Waals surface area contributed by atoms with Crippen molar-refractivity contribution in [3.8, 4) is 0 Å². The van der Waals surface area contributed by atoms with Crippen molar-refractivity contribution in [1.29, 1.82) is 0 Å². The van der Waals surface area contributed by atoms with Gasteiger partial charge in [0.25, 0.3) is 5.56 Å². The van der Waals surface area contributed by atoms with E-state index in [-0.39, 0.29) is 0 Å². The van der Waals surface area contributed by atoms with Crippen LogP contribution in [0.1, 0.15) is 26.0 Å². The van der Waals surface area contributed by atoms with E-state index in [4.69, 9.17) is 4.74 Å². The summed E-state index contributed by atoms with van der Waals surface area (Å²) in [5.41, 5.74) is -1.19. The zero-order chi connectivity index (χ0) is 13.3. The molecule has 7 nitrogen and oxygen atoms in total. The number of H-pyrrole nitrogens is 1. The van der Waals surface area contributed by atoms with Gasteiger partial charge in [0, 0.05) is 12.3 Å². The molecule has 1 aromatic heterocycles. The summed E-state index contributed by atoms with van der Waals surface area (Å²) < 4.78 is 6.55. The maximum Gasteiger partial charge on any atom is 0.330 e. The fourth-order valence-corrected chi connectivity index (χ4v) is 2.11. The highest BCUT2D eigenvalue weighted by atomic mass is 16.6. The zero-order valence-electron chi connectivity index (χ0n) is 9.94. The van der Waals surface area contributed by atoms with Crippen molar-refractivity contribution in [3.05, 3.63) is 33.1 Å². The maximum absolute atomic E-state index is 11.6. The lowest BCUT2D eigenvalue weighted by molar-refractivity contribution is -0.0418. The van der Waals surface area contributed by atoms with Crippen LogP contribution in [0.3, 0.4) is 0 Å². The number of ether oxygens (including phenoxy) is 1. The number of aliphatic hydroxyl groups is 2. The normalized spacial score (nSPS) is 31.7. The molecule has 1 aliphatic rings. The highest BCUT2D eigenvalue weighted by Crippen LogP contribution is 2.30. The van der Waals surface area contributed by atoms with Crippen molar-refractivity contribution in [2.24, 2.45) is 0 Å². The van der Waals surface area contributed by atoms with E-state index in [0.29, 0.717) is 6.42 Å². The molecule has 100 valence electrons. The van der Waals surface area contributed by atoms with Gasteiger partial charge >= 0.3 is 5.69 Å². The van der Waals surface area contributed by atoms with Gasteiger partial charge in [-0.2, -0.15) is 0 Å². The molecule has 7 heteroatoms. The summed E-state index contributed by atoms with van der Waals surface area (Å²) in [7, 11) is 0. The molecule has 0 spiro atoms. The topological polar surface area (TPSA) is 105 Å². The summed E-state index contributed by atoms with van der Waals surface area (Å²) in [6.07, 6.45) is -1.07. The third-order valence-electron chi connectivity index (χ3n) is 3.04. The molecule has 0 saturated carbocycles. The van der Waals surface area contributed by atoms with Gasteiger partial charge in [0.15, 0.2) is 6.23 Å². The molecule has 2 rings (SSSR count). The Labute approximate surface area is 103 Å². The molecule has 18 heavy (non-hydrogen) atoms. The van der Waals surface area contributed by atoms with E-state index >= 15 is 0 Å². The molecule has 0 bridgehead atoms. The second-order valence-electron chi connectivity index (χ2n) is 4.35. The third kappa shape index (κ3) is 2.24. The van der Waals surface area contributed by atoms with Crippen LogP contribution in [0.25, 0.3) is 0 Å². The highest BCUT2D eigenvalue weighted by molar-refractivity contribution is 4.92. The Morgan fingerprint density at radius 2 is 2.11 bits per heavy atom. The standard InChI is InChI=1S/C11H16N2O5/c1-2-3-6-8(15)9(16)10(18-6)13-5-4-7(14)12-11(13)17/h4-6,8-10,15-16H,2-3H2,1H3,(H,12,14,17). The summed E-state index contributed by atoms with van der Waals surface area (Å²) in [6, 6.07) is 1.16. The number of nitrogens with zero attached hydrogens (tertiary/aromatic N) is 1. The minimum Gasteiger partial charge on any atom is -0.388 e. The van der Waals surface area contributed by atoms with Gasteiger partial charge in [-0.3, -0.25) is 14.3 Å². The first-order valence-corrected chi connectivity index (χ1v) is 5.87. The lowest BCUT2D eigenvalue weighted by atomic mass is 10.1. The van der Waals surface area contributed by atoms with Crippen LogP contribution in [0.2, 0.25) is 0 Å². The molecule has 1 aliphatic heterocycles. The van der Waals surface area contributed by atoms with Gasteiger partial charge in [0.05, 0.1) is 6.10 Å². The molecular formula is C11H16N2O5. The molecule has 3 N–H and O–H groups in total. The fraction of sp³-hybridized carbons (Fsp3) is 0.636. The van der Waals surface area contributed by atoms with Crippen LogP contribution in [-0.2, 0) is 4.74 Å². The SMILES string of the molecule is CCCC1OC(n2ccc(=O)[nH]c2=O)C(O)C1O. The number of nitrogens with one attached hydrogen (secondary N) is 1. The van der Waals surface area contributed by atoms with Crippen molar-refractivity contribution in [1.82, 2.24) is 9.55 Å². The van der Waals surface area contributed by atoms with E-state index in [1.165, 1.54) is 6.20 Å². The van der Waals surface area contributed by atoms with Crippen LogP contribution < -0.4 is 11.2 Å². The van der Waals surface area contributed by atoms with E-state index in [2.05, 4.69) is 4.98 Å². The monoisotopic (exact) mass is 256 g/mol. The maximum atomic E-state index is 11.6. The molecular weight excluding hydrogens is 240 g/mol. The summed E-state index contributed by atoms with van der Waals surface area (Å²) in [4.78, 5) is 24.6. The van der Waals surface area contributed by atoms with Crippen molar-refractivity contribution < 1.29 is 14.9 Å². The number of rotatable bonds is 3. The lowest BCUT2D eigenvalue weighted by Crippen LogP contribution is -2.37. The summed E-state index contributed by atoms with van der Waals surface area (Å²) >= 11 is 0. The van der Waals surface area contributed by atoms with Crippen LogP contribution in [0.5, 0.6) is 0 Å². The van der Waals surface area contributed by atoms with E-state index in [1.54, 1.807) is 0 Å². The number of aromatic nitrogens is 2. The average Bonchev–Trinajstić information content (AvgIpc) is 2.58. The first-order valence-electron chi connectivity index (χ1n) is 5.87. The Kier molecular flexibility index (Phi) is 3.65. The number of aromatic amines is 1. The van der Waals surface area contributed by atoms with Crippen molar-refractivity contribution >= 4 is 0 Å². The second kappa shape index (κ2) is 5.05. The Hall–Kier alpha value is -1.44. The fourth-order valence-electron chi connectivity index (χ4n) is 2.11. The predicted molar refractivity (Wildman–Crippen MR) is 62.2 cm³/mol. The Morgan fingerprint density at radius 1 is 1.39 bits per heavy atom. The predicted octanol–water partition coefficient (Wildman–Crippen LogP) is -1.04. The van der Waals surface area contributed by atoms with Gasteiger partial charge in [0.1, 0.15) is 12.2 Å². The lowest BCUT2D eigenvalue weighted by Gasteiger charge is -2.16. The van der Waals surface area contributed by atoms with Gasteiger partial charge < -0.3 is 14.9 Å². The molecule has 1 saturated heterocycles. The Morgan fingerprint density at radius 3 is 2.72 bits per heavy atom. The van der Waals surface area contributed by atoms with Crippen LogP contribution in [0.4, 0.5) is 0 Å². The van der Waals surface area contributed by atoms with Crippen molar-refractivity contribution in [2.45, 2.75) is 44.3 Å². The molecule has 0 aromatic carbocycles. The number of hydrogen-bond acceptors (Lipinski definition) is 5. The molecule has 1 fully saturated rings. The van der Waals surface area contributed by atoms with Gasteiger partial charge in [0.2, 0.25) is 0 Å². The van der Waals surface area contributed by atoms with Crippen molar-refractivity contribution in [2.75, 3.05) is 0 Å². The third-order valence-corrected chi connectivity index (χ3v) is 3.04. The van der Waals surface area contributed by atoms with E-state index in [9.17, 15) is 19.8 Å². The first kappa shape index (κ1) is 13.0. The Bertz CT molecular complexity index is 523. The quantitative estimate of drug-likeness (QED) is 0.640. The average molecular weight is 256 g/mol. The molecule has 0 amide bonds. The van der Waals surface area contributed by atoms with Gasteiger partial charge in [-0.25, -0.2) is 4.79 Å². The summed E-state index contributed by atoms with van der Waals surface area (Å²) in [5, 5.41) is 19.7. The number of hydrogen-bond donors (Lipinski definition) is 3.